The first-order chi connectivity index (χ1) is 4.34. The molecular weight excluding hydrogens is 138 g/mol. The van der Waals surface area contributed by atoms with Crippen LogP contribution in [0, 0.1) is 0 Å². The molecule has 1 atom stereocenters. The Labute approximate surface area is 58.2 Å². The van der Waals surface area contributed by atoms with Crippen LogP contribution in [-0.4, -0.2) is 12.1 Å². The highest BCUT2D eigenvalue weighted by Crippen LogP contribution is 2.24. The molecule has 0 saturated heterocycles. The van der Waals surface area contributed by atoms with Crippen molar-refractivity contribution in [1.82, 2.24) is 0 Å². The van der Waals surface area contributed by atoms with Crippen molar-refractivity contribution < 1.29 is 4.79 Å². The van der Waals surface area contributed by atoms with Crippen molar-refractivity contribution in [1.29, 1.82) is 0 Å². The van der Waals surface area contributed by atoms with E-state index in [9.17, 15) is 4.79 Å². The molecule has 1 aliphatic carbocycles. The lowest BCUT2D eigenvalue weighted by Gasteiger charge is -1.96. The number of isocyanates is 1. The van der Waals surface area contributed by atoms with Crippen molar-refractivity contribution in [2.75, 3.05) is 0 Å². The summed E-state index contributed by atoms with van der Waals surface area (Å²) in [5, 5.41) is 0.679. The second-order valence-corrected chi connectivity index (χ2v) is 2.34. The van der Waals surface area contributed by atoms with Gasteiger partial charge in [-0.05, 0) is 12.8 Å². The van der Waals surface area contributed by atoms with Crippen molar-refractivity contribution in [3.8, 4) is 0 Å². The smallest absolute Gasteiger partial charge is 0.211 e. The van der Waals surface area contributed by atoms with E-state index in [1.165, 1.54) is 6.08 Å². The Morgan fingerprint density at radius 2 is 2.67 bits per heavy atom. The van der Waals surface area contributed by atoms with Crippen LogP contribution in [0.5, 0.6) is 0 Å². The summed E-state index contributed by atoms with van der Waals surface area (Å²) in [5.74, 6) is 0. The minimum absolute atomic E-state index is 0.0934. The molecule has 0 aromatic rings. The molecule has 0 radical (unpaired) electrons. The summed E-state index contributed by atoms with van der Waals surface area (Å²) >= 11 is 5.65. The van der Waals surface area contributed by atoms with E-state index in [0.717, 1.165) is 12.8 Å². The first-order valence-corrected chi connectivity index (χ1v) is 3.15. The van der Waals surface area contributed by atoms with Gasteiger partial charge in [-0.25, -0.2) is 4.79 Å². The fourth-order valence-electron chi connectivity index (χ4n) is 0.843. The van der Waals surface area contributed by atoms with Gasteiger partial charge in [0.05, 0.1) is 6.04 Å². The van der Waals surface area contributed by atoms with E-state index >= 15 is 0 Å². The van der Waals surface area contributed by atoms with Crippen LogP contribution in [0.15, 0.2) is 16.1 Å². The molecule has 0 amide bonds. The first-order valence-electron chi connectivity index (χ1n) is 2.77. The highest BCUT2D eigenvalue weighted by Gasteiger charge is 2.15. The molecule has 0 N–H and O–H groups in total. The minimum Gasteiger partial charge on any atom is -0.211 e. The van der Waals surface area contributed by atoms with Gasteiger partial charge in [-0.15, -0.1) is 0 Å². The topological polar surface area (TPSA) is 29.4 Å². The van der Waals surface area contributed by atoms with Gasteiger partial charge in [0.1, 0.15) is 0 Å². The predicted molar refractivity (Wildman–Crippen MR) is 35.1 cm³/mol. The third kappa shape index (κ3) is 1.41. The van der Waals surface area contributed by atoms with E-state index in [4.69, 9.17) is 11.6 Å². The Hall–Kier alpha value is -0.590. The second kappa shape index (κ2) is 2.81. The molecule has 0 spiro atoms. The Morgan fingerprint density at radius 3 is 3.11 bits per heavy atom. The van der Waals surface area contributed by atoms with E-state index in [0.29, 0.717) is 5.03 Å². The van der Waals surface area contributed by atoms with E-state index in [1.54, 1.807) is 0 Å². The van der Waals surface area contributed by atoms with Crippen molar-refractivity contribution in [2.24, 2.45) is 4.99 Å². The molecule has 0 aromatic heterocycles. The minimum atomic E-state index is -0.0934. The van der Waals surface area contributed by atoms with Gasteiger partial charge in [0.15, 0.2) is 0 Å². The molecule has 0 unspecified atom stereocenters. The molecule has 0 aromatic carbocycles. The van der Waals surface area contributed by atoms with E-state index in [1.807, 2.05) is 6.08 Å². The third-order valence-electron chi connectivity index (χ3n) is 1.31. The molecular formula is C6H6ClNO. The maximum Gasteiger partial charge on any atom is 0.235 e. The number of carbonyl (C=O) groups excluding carboxylic acids is 1. The van der Waals surface area contributed by atoms with E-state index < -0.39 is 0 Å². The van der Waals surface area contributed by atoms with Gasteiger partial charge >= 0.3 is 0 Å². The maximum absolute atomic E-state index is 9.73. The Kier molecular flexibility index (Phi) is 2.04. The summed E-state index contributed by atoms with van der Waals surface area (Å²) in [4.78, 5) is 13.2. The molecule has 0 aliphatic heterocycles. The van der Waals surface area contributed by atoms with Crippen LogP contribution >= 0.6 is 11.6 Å². The van der Waals surface area contributed by atoms with Gasteiger partial charge in [-0.3, -0.25) is 0 Å². The van der Waals surface area contributed by atoms with E-state index in [-0.39, 0.29) is 6.04 Å². The Morgan fingerprint density at radius 1 is 1.89 bits per heavy atom. The fourth-order valence-corrected chi connectivity index (χ4v) is 1.11. The van der Waals surface area contributed by atoms with Gasteiger partial charge in [0.25, 0.3) is 0 Å². The SMILES string of the molecule is O=C=N[C@H]1CCC=C1Cl. The summed E-state index contributed by atoms with van der Waals surface area (Å²) in [6, 6.07) is -0.0934. The average molecular weight is 144 g/mol. The molecule has 1 rings (SSSR count). The molecule has 3 heteroatoms. The van der Waals surface area contributed by atoms with Gasteiger partial charge in [-0.2, -0.15) is 4.99 Å². The van der Waals surface area contributed by atoms with Crippen molar-refractivity contribution in [2.45, 2.75) is 18.9 Å². The lowest BCUT2D eigenvalue weighted by atomic mass is 10.3. The molecule has 0 bridgehead atoms. The highest BCUT2D eigenvalue weighted by molar-refractivity contribution is 6.30. The van der Waals surface area contributed by atoms with Gasteiger partial charge in [0.2, 0.25) is 6.08 Å². The lowest BCUT2D eigenvalue weighted by molar-refractivity contribution is 0.559. The number of nitrogens with zero attached hydrogens (tertiary/aromatic N) is 1. The van der Waals surface area contributed by atoms with Crippen LogP contribution in [0.4, 0.5) is 0 Å². The third-order valence-corrected chi connectivity index (χ3v) is 1.71. The Bertz CT molecular complexity index is 181. The van der Waals surface area contributed by atoms with Crippen LogP contribution in [0.25, 0.3) is 0 Å². The normalized spacial score (nSPS) is 25.0. The quantitative estimate of drug-likeness (QED) is 0.405. The van der Waals surface area contributed by atoms with Crippen LogP contribution in [0.1, 0.15) is 12.8 Å². The number of halogens is 1. The number of rotatable bonds is 1. The zero-order chi connectivity index (χ0) is 6.69. The molecule has 9 heavy (non-hydrogen) atoms. The lowest BCUT2D eigenvalue weighted by Crippen LogP contribution is -1.96. The number of hydrogen-bond donors (Lipinski definition) is 0. The number of allylic oxidation sites excluding steroid dienone is 1. The predicted octanol–water partition coefficient (Wildman–Crippen LogP) is 1.61. The summed E-state index contributed by atoms with van der Waals surface area (Å²) < 4.78 is 0. The second-order valence-electron chi connectivity index (χ2n) is 1.90. The molecule has 1 aliphatic rings. The highest BCUT2D eigenvalue weighted by atomic mass is 35.5. The van der Waals surface area contributed by atoms with Crippen LogP contribution in [-0.2, 0) is 4.79 Å². The maximum atomic E-state index is 9.73. The van der Waals surface area contributed by atoms with Crippen LogP contribution in [0.2, 0.25) is 0 Å². The fraction of sp³-hybridized carbons (Fsp3) is 0.500. The Balaban J connectivity index is 2.63. The number of hydrogen-bond acceptors (Lipinski definition) is 2. The van der Waals surface area contributed by atoms with Crippen LogP contribution in [0.3, 0.4) is 0 Å². The molecule has 0 fully saturated rings. The average Bonchev–Trinajstić information content (AvgIpc) is 2.18. The van der Waals surface area contributed by atoms with Gasteiger partial charge < -0.3 is 0 Å². The molecule has 48 valence electrons. The molecule has 0 saturated carbocycles. The van der Waals surface area contributed by atoms with Crippen molar-refractivity contribution in [3.05, 3.63) is 11.1 Å². The largest absolute Gasteiger partial charge is 0.235 e. The summed E-state index contributed by atoms with van der Waals surface area (Å²) in [5.41, 5.74) is 0. The zero-order valence-electron chi connectivity index (χ0n) is 4.80. The van der Waals surface area contributed by atoms with Crippen molar-refractivity contribution >= 4 is 17.7 Å². The number of aliphatic imine (C=N–C) groups is 1. The molecule has 0 heterocycles. The molecule has 2 nitrogen and oxygen atoms in total. The summed E-state index contributed by atoms with van der Waals surface area (Å²) in [7, 11) is 0. The summed E-state index contributed by atoms with van der Waals surface area (Å²) in [6.45, 7) is 0. The van der Waals surface area contributed by atoms with Crippen LogP contribution < -0.4 is 0 Å². The van der Waals surface area contributed by atoms with Crippen molar-refractivity contribution in [3.63, 3.8) is 0 Å². The zero-order valence-corrected chi connectivity index (χ0v) is 5.56. The summed E-state index contributed by atoms with van der Waals surface area (Å²) in [6.07, 6.45) is 5.15. The first kappa shape index (κ1) is 6.53. The standard InChI is InChI=1S/C6H6ClNO/c7-5-2-1-3-6(5)8-4-9/h2,6H,1,3H2/t6-/m0/s1. The van der Waals surface area contributed by atoms with Gasteiger partial charge in [-0.1, -0.05) is 17.7 Å². The monoisotopic (exact) mass is 143 g/mol. The van der Waals surface area contributed by atoms with Gasteiger partial charge in [0, 0.05) is 5.03 Å². The van der Waals surface area contributed by atoms with E-state index in [2.05, 4.69) is 4.99 Å².